The number of fused-ring (bicyclic) bond motifs is 6. The second kappa shape index (κ2) is 7.94. The van der Waals surface area contributed by atoms with Crippen molar-refractivity contribution in [2.75, 3.05) is 0 Å². The van der Waals surface area contributed by atoms with Crippen LogP contribution in [-0.4, -0.2) is 14.5 Å². The average molecular weight is 470 g/mol. The van der Waals surface area contributed by atoms with Gasteiger partial charge >= 0.3 is 0 Å². The third kappa shape index (κ3) is 3.16. The van der Waals surface area contributed by atoms with Crippen LogP contribution in [0.4, 0.5) is 0 Å². The molecule has 2 aromatic heterocycles. The maximum absolute atomic E-state index is 6.07. The highest BCUT2D eigenvalue weighted by Crippen LogP contribution is 2.64. The Bertz CT molecular complexity index is 1330. The van der Waals surface area contributed by atoms with Crippen LogP contribution in [-0.2, 0) is 13.0 Å². The van der Waals surface area contributed by atoms with Gasteiger partial charge < -0.3 is 9.30 Å². The van der Waals surface area contributed by atoms with Crippen LogP contribution in [0.1, 0.15) is 67.1 Å². The number of aromatic nitrogens is 3. The number of nitrogens with zero attached hydrogens (tertiary/aromatic N) is 3. The molecule has 5 atom stereocenters. The molecule has 0 radical (unpaired) electrons. The van der Waals surface area contributed by atoms with E-state index in [0.29, 0.717) is 24.0 Å². The molecule has 34 heavy (non-hydrogen) atoms. The molecule has 2 saturated carbocycles. The van der Waals surface area contributed by atoms with Crippen LogP contribution in [0.25, 0.3) is 11.0 Å². The van der Waals surface area contributed by atoms with Crippen LogP contribution in [0.5, 0.6) is 5.75 Å². The van der Waals surface area contributed by atoms with E-state index in [2.05, 4.69) is 65.3 Å². The summed E-state index contributed by atoms with van der Waals surface area (Å²) in [5, 5.41) is 3.04. The predicted octanol–water partition coefficient (Wildman–Crippen LogP) is 7.17. The van der Waals surface area contributed by atoms with Crippen molar-refractivity contribution in [2.45, 2.75) is 64.0 Å². The number of thiazole rings is 1. The SMILES string of the molecule is C[C@]12CC[C@@H]3c4ccc(OCc5nccs5)cc4CC[C@H]3[C@@H]1CCC2n1cnc2ccccc21. The van der Waals surface area contributed by atoms with E-state index < -0.39 is 0 Å². The summed E-state index contributed by atoms with van der Waals surface area (Å²) in [7, 11) is 0. The summed E-state index contributed by atoms with van der Waals surface area (Å²) in [5.41, 5.74) is 5.89. The highest BCUT2D eigenvalue weighted by molar-refractivity contribution is 7.09. The molecule has 0 N–H and O–H groups in total. The maximum Gasteiger partial charge on any atom is 0.140 e. The van der Waals surface area contributed by atoms with Crippen molar-refractivity contribution in [1.29, 1.82) is 0 Å². The minimum atomic E-state index is 0.360. The van der Waals surface area contributed by atoms with Crippen LogP contribution in [0.3, 0.4) is 0 Å². The normalized spacial score (nSPS) is 30.0. The molecule has 0 saturated heterocycles. The molecule has 7 rings (SSSR count). The molecule has 3 aliphatic rings. The fraction of sp³-hybridized carbons (Fsp3) is 0.448. The third-order valence-electron chi connectivity index (χ3n) is 9.31. The van der Waals surface area contributed by atoms with Crippen LogP contribution in [0.2, 0.25) is 0 Å². The molecule has 0 aliphatic heterocycles. The van der Waals surface area contributed by atoms with E-state index >= 15 is 0 Å². The van der Waals surface area contributed by atoms with Crippen molar-refractivity contribution in [3.05, 3.63) is 76.5 Å². The summed E-state index contributed by atoms with van der Waals surface area (Å²) in [5.74, 6) is 3.29. The Hall–Kier alpha value is -2.66. The first kappa shape index (κ1) is 20.7. The van der Waals surface area contributed by atoms with Crippen LogP contribution >= 0.6 is 11.3 Å². The standard InChI is InChI=1S/C29H31N3OS/c1-29-13-12-22-21-9-7-20(33-17-28-30-14-15-34-28)16-19(21)6-8-23(22)24(29)10-11-27(29)32-18-31-25-4-2-3-5-26(25)32/h2-5,7,9,14-16,18,22-24,27H,6,8,10-13,17H2,1H3/t22-,23-,24+,27?,29+/m1/s1. The molecule has 4 nitrogen and oxygen atoms in total. The fourth-order valence-electron chi connectivity index (χ4n) is 7.77. The Kier molecular flexibility index (Phi) is 4.83. The zero-order valence-electron chi connectivity index (χ0n) is 19.7. The molecule has 2 fully saturated rings. The van der Waals surface area contributed by atoms with Gasteiger partial charge in [-0.25, -0.2) is 9.97 Å². The van der Waals surface area contributed by atoms with E-state index in [-0.39, 0.29) is 0 Å². The molecule has 3 aliphatic carbocycles. The molecule has 174 valence electrons. The Morgan fingerprint density at radius 1 is 1.09 bits per heavy atom. The van der Waals surface area contributed by atoms with Crippen molar-refractivity contribution in [1.82, 2.24) is 14.5 Å². The largest absolute Gasteiger partial charge is 0.486 e. The quantitative estimate of drug-likeness (QED) is 0.318. The van der Waals surface area contributed by atoms with Gasteiger partial charge in [-0.3, -0.25) is 0 Å². The van der Waals surface area contributed by atoms with Crippen LogP contribution in [0, 0.1) is 17.3 Å². The molecule has 0 bridgehead atoms. The number of imidazole rings is 1. The van der Waals surface area contributed by atoms with Gasteiger partial charge in [-0.15, -0.1) is 11.3 Å². The number of para-hydroxylation sites is 2. The van der Waals surface area contributed by atoms with Gasteiger partial charge in [-0.05, 0) is 97.1 Å². The summed E-state index contributed by atoms with van der Waals surface area (Å²) in [4.78, 5) is 9.07. The van der Waals surface area contributed by atoms with Crippen LogP contribution in [0.15, 0.2) is 60.4 Å². The molecular formula is C29H31N3OS. The van der Waals surface area contributed by atoms with Crippen molar-refractivity contribution in [2.24, 2.45) is 17.3 Å². The number of hydrogen-bond donors (Lipinski definition) is 0. The van der Waals surface area contributed by atoms with E-state index in [1.165, 1.54) is 49.6 Å². The van der Waals surface area contributed by atoms with Gasteiger partial charge in [0.25, 0.3) is 0 Å². The lowest BCUT2D eigenvalue weighted by Crippen LogP contribution is -2.42. The van der Waals surface area contributed by atoms with Gasteiger partial charge in [-0.1, -0.05) is 25.1 Å². The van der Waals surface area contributed by atoms with Gasteiger partial charge in [0, 0.05) is 17.6 Å². The maximum atomic E-state index is 6.07. The second-order valence-electron chi connectivity index (χ2n) is 10.8. The molecule has 0 spiro atoms. The third-order valence-corrected chi connectivity index (χ3v) is 10.1. The van der Waals surface area contributed by atoms with Gasteiger partial charge in [0.15, 0.2) is 0 Å². The zero-order valence-corrected chi connectivity index (χ0v) is 20.5. The predicted molar refractivity (Wildman–Crippen MR) is 136 cm³/mol. The molecule has 5 heteroatoms. The average Bonchev–Trinajstić information content (AvgIpc) is 3.60. The first-order valence-corrected chi connectivity index (χ1v) is 13.6. The lowest BCUT2D eigenvalue weighted by atomic mass is 9.55. The van der Waals surface area contributed by atoms with Gasteiger partial charge in [0.1, 0.15) is 17.4 Å². The summed E-state index contributed by atoms with van der Waals surface area (Å²) < 4.78 is 8.58. The van der Waals surface area contributed by atoms with E-state index in [0.717, 1.165) is 28.1 Å². The Labute approximate surface area is 205 Å². The molecule has 2 heterocycles. The Morgan fingerprint density at radius 3 is 2.94 bits per heavy atom. The molecule has 4 aromatic rings. The zero-order chi connectivity index (χ0) is 22.7. The van der Waals surface area contributed by atoms with Crippen molar-refractivity contribution in [3.63, 3.8) is 0 Å². The molecule has 1 unspecified atom stereocenters. The molecule has 2 aromatic carbocycles. The first-order chi connectivity index (χ1) is 16.7. The smallest absolute Gasteiger partial charge is 0.140 e. The lowest BCUT2D eigenvalue weighted by molar-refractivity contribution is 0.0331. The van der Waals surface area contributed by atoms with E-state index in [1.807, 2.05) is 11.6 Å². The highest BCUT2D eigenvalue weighted by Gasteiger charge is 2.55. The van der Waals surface area contributed by atoms with Gasteiger partial charge in [0.2, 0.25) is 0 Å². The van der Waals surface area contributed by atoms with Crippen molar-refractivity contribution < 1.29 is 4.74 Å². The fourth-order valence-corrected chi connectivity index (χ4v) is 8.30. The summed E-state index contributed by atoms with van der Waals surface area (Å²) >= 11 is 1.65. The van der Waals surface area contributed by atoms with Crippen LogP contribution < -0.4 is 4.74 Å². The minimum absolute atomic E-state index is 0.360. The van der Waals surface area contributed by atoms with E-state index in [4.69, 9.17) is 9.72 Å². The molecule has 0 amide bonds. The lowest BCUT2D eigenvalue weighted by Gasteiger charge is -2.51. The summed E-state index contributed by atoms with van der Waals surface area (Å²) in [6, 6.07) is 16.1. The van der Waals surface area contributed by atoms with E-state index in [1.54, 1.807) is 16.9 Å². The Balaban J connectivity index is 1.14. The Morgan fingerprint density at radius 2 is 2.03 bits per heavy atom. The first-order valence-electron chi connectivity index (χ1n) is 12.8. The van der Waals surface area contributed by atoms with Gasteiger partial charge in [0.05, 0.1) is 17.4 Å². The van der Waals surface area contributed by atoms with E-state index in [9.17, 15) is 0 Å². The molecular weight excluding hydrogens is 438 g/mol. The van der Waals surface area contributed by atoms with Gasteiger partial charge in [-0.2, -0.15) is 0 Å². The second-order valence-corrected chi connectivity index (χ2v) is 11.7. The van der Waals surface area contributed by atoms with Crippen molar-refractivity contribution >= 4 is 22.4 Å². The monoisotopic (exact) mass is 469 g/mol. The minimum Gasteiger partial charge on any atom is -0.486 e. The summed E-state index contributed by atoms with van der Waals surface area (Å²) in [6.07, 6.45) is 11.7. The highest BCUT2D eigenvalue weighted by atomic mass is 32.1. The van der Waals surface area contributed by atoms with Crippen molar-refractivity contribution in [3.8, 4) is 5.75 Å². The number of rotatable bonds is 4. The number of hydrogen-bond acceptors (Lipinski definition) is 4. The number of ether oxygens (including phenoxy) is 1. The summed E-state index contributed by atoms with van der Waals surface area (Å²) in [6.45, 7) is 3.15. The number of aryl methyl sites for hydroxylation is 1. The topological polar surface area (TPSA) is 39.9 Å². The number of benzene rings is 2.